The van der Waals surface area contributed by atoms with E-state index in [0.29, 0.717) is 0 Å². The minimum absolute atomic E-state index is 0.250. The number of carbonyl (C=O) groups excluding carboxylic acids is 1. The summed E-state index contributed by atoms with van der Waals surface area (Å²) in [5, 5.41) is 0. The maximum absolute atomic E-state index is 13.7. The number of carbonyl (C=O) groups is 1. The Labute approximate surface area is 140 Å². The van der Waals surface area contributed by atoms with E-state index in [2.05, 4.69) is 45.0 Å². The molecule has 2 aromatic carbocycles. The van der Waals surface area contributed by atoms with E-state index in [4.69, 9.17) is 0 Å². The minimum atomic E-state index is -0.673. The molecule has 23 heavy (non-hydrogen) atoms. The molecule has 0 aliphatic heterocycles. The molecule has 2 aromatic rings. The average molecular weight is 308 g/mol. The third-order valence-electron chi connectivity index (χ3n) is 4.56. The summed E-state index contributed by atoms with van der Waals surface area (Å²) in [5.41, 5.74) is 0.782. The fourth-order valence-corrected chi connectivity index (χ4v) is 3.57. The van der Waals surface area contributed by atoms with Gasteiger partial charge in [0.2, 0.25) is 0 Å². The molecule has 0 bridgehead atoms. The number of hydrogen-bond acceptors (Lipinski definition) is 1. The number of hydrogen-bond donors (Lipinski definition) is 0. The monoisotopic (exact) mass is 308 g/mol. The van der Waals surface area contributed by atoms with Crippen LogP contribution in [-0.2, 0) is 10.2 Å². The average Bonchev–Trinajstić information content (AvgIpc) is 2.48. The smallest absolute Gasteiger partial charge is 0.153 e. The number of Topliss-reactive ketones (excluding diaryl/α,β-unsaturated/α-hetero) is 1. The predicted octanol–water partition coefficient (Wildman–Crippen LogP) is 5.63. The van der Waals surface area contributed by atoms with E-state index in [1.807, 2.05) is 57.2 Å². The lowest BCUT2D eigenvalue weighted by molar-refractivity contribution is -0.134. The molecular formula is C22H28O. The molecule has 0 saturated heterocycles. The first-order valence-electron chi connectivity index (χ1n) is 8.28. The van der Waals surface area contributed by atoms with Crippen molar-refractivity contribution in [2.45, 2.75) is 47.0 Å². The molecule has 0 aromatic heterocycles. The van der Waals surface area contributed by atoms with Gasteiger partial charge in [0.05, 0.1) is 5.41 Å². The van der Waals surface area contributed by atoms with E-state index in [1.54, 1.807) is 0 Å². The Morgan fingerprint density at radius 1 is 0.652 bits per heavy atom. The molecule has 0 N–H and O–H groups in total. The zero-order chi connectivity index (χ0) is 17.3. The maximum atomic E-state index is 13.7. The van der Waals surface area contributed by atoms with E-state index in [1.165, 1.54) is 0 Å². The molecule has 0 fully saturated rings. The van der Waals surface area contributed by atoms with Crippen LogP contribution < -0.4 is 0 Å². The lowest BCUT2D eigenvalue weighted by Gasteiger charge is -2.47. The van der Waals surface area contributed by atoms with Gasteiger partial charge >= 0.3 is 0 Å². The van der Waals surface area contributed by atoms with Crippen molar-refractivity contribution in [2.24, 2.45) is 10.8 Å². The second-order valence-corrected chi connectivity index (χ2v) is 8.31. The van der Waals surface area contributed by atoms with Gasteiger partial charge in [-0.05, 0) is 16.5 Å². The maximum Gasteiger partial charge on any atom is 0.153 e. The second-order valence-electron chi connectivity index (χ2n) is 8.31. The molecule has 2 rings (SSSR count). The Morgan fingerprint density at radius 3 is 1.26 bits per heavy atom. The van der Waals surface area contributed by atoms with Crippen LogP contribution in [0.15, 0.2) is 60.7 Å². The van der Waals surface area contributed by atoms with Crippen LogP contribution in [0.4, 0.5) is 0 Å². The standard InChI is InChI=1S/C22H28O/c1-20(2,3)19(23)22(21(4,5)6,17-13-9-7-10-14-17)18-15-11-8-12-16-18/h7-16H,1-6H3. The molecular weight excluding hydrogens is 280 g/mol. The van der Waals surface area contributed by atoms with Crippen molar-refractivity contribution >= 4 is 5.78 Å². The highest BCUT2D eigenvalue weighted by molar-refractivity contribution is 5.98. The zero-order valence-corrected chi connectivity index (χ0v) is 15.2. The second kappa shape index (κ2) is 5.96. The highest BCUT2D eigenvalue weighted by atomic mass is 16.1. The normalized spacial score (nSPS) is 13.0. The van der Waals surface area contributed by atoms with Gasteiger partial charge in [-0.2, -0.15) is 0 Å². The summed E-state index contributed by atoms with van der Waals surface area (Å²) >= 11 is 0. The number of benzene rings is 2. The van der Waals surface area contributed by atoms with Gasteiger partial charge in [-0.25, -0.2) is 0 Å². The first-order chi connectivity index (χ1) is 10.6. The quantitative estimate of drug-likeness (QED) is 0.717. The van der Waals surface area contributed by atoms with E-state index in [0.717, 1.165) is 11.1 Å². The Hall–Kier alpha value is -1.89. The predicted molar refractivity (Wildman–Crippen MR) is 97.6 cm³/mol. The summed E-state index contributed by atoms with van der Waals surface area (Å²) in [4.78, 5) is 13.7. The fourth-order valence-electron chi connectivity index (χ4n) is 3.57. The van der Waals surface area contributed by atoms with Crippen LogP contribution in [0.3, 0.4) is 0 Å². The van der Waals surface area contributed by atoms with Crippen LogP contribution in [0.5, 0.6) is 0 Å². The Balaban J connectivity index is 2.89. The van der Waals surface area contributed by atoms with Crippen molar-refractivity contribution in [3.8, 4) is 0 Å². The first-order valence-corrected chi connectivity index (χ1v) is 8.28. The van der Waals surface area contributed by atoms with E-state index >= 15 is 0 Å². The van der Waals surface area contributed by atoms with Crippen LogP contribution in [0.1, 0.15) is 52.7 Å². The molecule has 0 spiro atoms. The van der Waals surface area contributed by atoms with Gasteiger partial charge in [-0.3, -0.25) is 4.79 Å². The van der Waals surface area contributed by atoms with Gasteiger partial charge in [0.25, 0.3) is 0 Å². The minimum Gasteiger partial charge on any atom is -0.298 e. The van der Waals surface area contributed by atoms with Crippen LogP contribution in [0.25, 0.3) is 0 Å². The lowest BCUT2D eigenvalue weighted by Crippen LogP contribution is -2.52. The van der Waals surface area contributed by atoms with Crippen LogP contribution in [-0.4, -0.2) is 5.78 Å². The Bertz CT molecular complexity index is 615. The SMILES string of the molecule is CC(C)(C)C(=O)C(c1ccccc1)(c1ccccc1)C(C)(C)C. The van der Waals surface area contributed by atoms with Gasteiger partial charge < -0.3 is 0 Å². The zero-order valence-electron chi connectivity index (χ0n) is 15.2. The van der Waals surface area contributed by atoms with Crippen molar-refractivity contribution < 1.29 is 4.79 Å². The van der Waals surface area contributed by atoms with Crippen LogP contribution in [0.2, 0.25) is 0 Å². The van der Waals surface area contributed by atoms with Gasteiger partial charge in [0.1, 0.15) is 0 Å². The Kier molecular flexibility index (Phi) is 4.52. The molecule has 0 saturated carbocycles. The fraction of sp³-hybridized carbons (Fsp3) is 0.409. The first kappa shape index (κ1) is 17.5. The topological polar surface area (TPSA) is 17.1 Å². The molecule has 0 atom stereocenters. The third kappa shape index (κ3) is 2.97. The van der Waals surface area contributed by atoms with E-state index in [-0.39, 0.29) is 11.2 Å². The summed E-state index contributed by atoms with van der Waals surface area (Å²) in [7, 11) is 0. The lowest BCUT2D eigenvalue weighted by atomic mass is 9.53. The number of rotatable bonds is 3. The van der Waals surface area contributed by atoms with Gasteiger partial charge in [0, 0.05) is 5.41 Å². The molecule has 122 valence electrons. The Morgan fingerprint density at radius 2 is 1.00 bits per heavy atom. The summed E-state index contributed by atoms with van der Waals surface area (Å²) in [6, 6.07) is 20.4. The summed E-state index contributed by atoms with van der Waals surface area (Å²) in [6.45, 7) is 12.5. The van der Waals surface area contributed by atoms with E-state index in [9.17, 15) is 4.79 Å². The van der Waals surface area contributed by atoms with Crippen molar-refractivity contribution in [3.63, 3.8) is 0 Å². The van der Waals surface area contributed by atoms with Crippen LogP contribution >= 0.6 is 0 Å². The molecule has 0 radical (unpaired) electrons. The summed E-state index contributed by atoms with van der Waals surface area (Å²) in [6.07, 6.45) is 0. The van der Waals surface area contributed by atoms with Crippen LogP contribution in [0, 0.1) is 10.8 Å². The summed E-state index contributed by atoms with van der Waals surface area (Å²) in [5.74, 6) is 0.259. The highest BCUT2D eigenvalue weighted by Crippen LogP contribution is 2.50. The van der Waals surface area contributed by atoms with Gasteiger partial charge in [-0.15, -0.1) is 0 Å². The highest BCUT2D eigenvalue weighted by Gasteiger charge is 2.53. The largest absolute Gasteiger partial charge is 0.298 e. The van der Waals surface area contributed by atoms with Crippen molar-refractivity contribution in [1.82, 2.24) is 0 Å². The third-order valence-corrected chi connectivity index (χ3v) is 4.56. The molecule has 0 amide bonds. The molecule has 0 heterocycles. The molecule has 0 unspecified atom stereocenters. The molecule has 0 aliphatic rings. The molecule has 1 nitrogen and oxygen atoms in total. The molecule has 0 aliphatic carbocycles. The van der Waals surface area contributed by atoms with Crippen molar-refractivity contribution in [2.75, 3.05) is 0 Å². The van der Waals surface area contributed by atoms with Crippen molar-refractivity contribution in [3.05, 3.63) is 71.8 Å². The molecule has 1 heteroatoms. The van der Waals surface area contributed by atoms with Crippen molar-refractivity contribution in [1.29, 1.82) is 0 Å². The number of ketones is 1. The van der Waals surface area contributed by atoms with Gasteiger partial charge in [0.15, 0.2) is 5.78 Å². The van der Waals surface area contributed by atoms with E-state index < -0.39 is 10.8 Å². The summed E-state index contributed by atoms with van der Waals surface area (Å²) < 4.78 is 0. The van der Waals surface area contributed by atoms with Gasteiger partial charge in [-0.1, -0.05) is 102 Å².